The van der Waals surface area contributed by atoms with Crippen molar-refractivity contribution in [1.82, 2.24) is 4.98 Å². The van der Waals surface area contributed by atoms with Crippen molar-refractivity contribution in [2.24, 2.45) is 0 Å². The molecule has 1 heterocycles. The number of ether oxygens (including phenoxy) is 3. The molecule has 0 spiro atoms. The summed E-state index contributed by atoms with van der Waals surface area (Å²) in [4.78, 5) is 4.22. The van der Waals surface area contributed by atoms with Gasteiger partial charge in [0.2, 0.25) is 5.75 Å². The van der Waals surface area contributed by atoms with Gasteiger partial charge in [-0.05, 0) is 28.1 Å². The van der Waals surface area contributed by atoms with Crippen molar-refractivity contribution >= 4 is 27.3 Å². The van der Waals surface area contributed by atoms with Crippen LogP contribution in [0.2, 0.25) is 0 Å². The fourth-order valence-electron chi connectivity index (χ4n) is 1.87. The Kier molecular flexibility index (Phi) is 4.85. The van der Waals surface area contributed by atoms with E-state index < -0.39 is 6.10 Å². The lowest BCUT2D eigenvalue weighted by molar-refractivity contribution is 0.211. The van der Waals surface area contributed by atoms with E-state index in [0.717, 1.165) is 0 Å². The summed E-state index contributed by atoms with van der Waals surface area (Å²) in [5.74, 6) is 1.42. The molecule has 0 amide bonds. The number of halogens is 1. The van der Waals surface area contributed by atoms with Crippen LogP contribution >= 0.6 is 27.3 Å². The summed E-state index contributed by atoms with van der Waals surface area (Å²) in [6.45, 7) is 0. The predicted octanol–water partition coefficient (Wildman–Crippen LogP) is 3.01. The first-order valence-electron chi connectivity index (χ1n) is 5.70. The van der Waals surface area contributed by atoms with Gasteiger partial charge in [0.1, 0.15) is 15.7 Å². The summed E-state index contributed by atoms with van der Waals surface area (Å²) >= 11 is 4.63. The first-order valence-corrected chi connectivity index (χ1v) is 7.37. The average molecular weight is 360 g/mol. The van der Waals surface area contributed by atoms with Crippen molar-refractivity contribution < 1.29 is 19.3 Å². The molecule has 0 saturated carbocycles. The average Bonchev–Trinajstić information content (AvgIpc) is 2.91. The number of thiazole rings is 1. The molecule has 0 fully saturated rings. The van der Waals surface area contributed by atoms with E-state index in [0.29, 0.717) is 32.4 Å². The lowest BCUT2D eigenvalue weighted by Gasteiger charge is -2.17. The van der Waals surface area contributed by atoms with Crippen LogP contribution in [0.1, 0.15) is 16.7 Å². The van der Waals surface area contributed by atoms with Crippen LogP contribution in [-0.4, -0.2) is 31.4 Å². The van der Waals surface area contributed by atoms with Crippen molar-refractivity contribution in [2.45, 2.75) is 6.10 Å². The number of aliphatic hydroxyl groups is 1. The smallest absolute Gasteiger partial charge is 0.203 e. The Morgan fingerprint density at radius 3 is 2.35 bits per heavy atom. The molecule has 0 bridgehead atoms. The minimum Gasteiger partial charge on any atom is -0.493 e. The summed E-state index contributed by atoms with van der Waals surface area (Å²) in [6.07, 6.45) is -0.888. The first kappa shape index (κ1) is 15.1. The molecule has 1 aromatic carbocycles. The van der Waals surface area contributed by atoms with Crippen molar-refractivity contribution in [3.63, 3.8) is 0 Å². The van der Waals surface area contributed by atoms with Gasteiger partial charge in [0.25, 0.3) is 0 Å². The van der Waals surface area contributed by atoms with Gasteiger partial charge in [-0.15, -0.1) is 11.3 Å². The van der Waals surface area contributed by atoms with Gasteiger partial charge in [-0.25, -0.2) is 4.98 Å². The van der Waals surface area contributed by atoms with Gasteiger partial charge in [-0.1, -0.05) is 0 Å². The van der Waals surface area contributed by atoms with E-state index in [-0.39, 0.29) is 0 Å². The zero-order valence-electron chi connectivity index (χ0n) is 11.2. The van der Waals surface area contributed by atoms with Crippen LogP contribution in [0.25, 0.3) is 0 Å². The van der Waals surface area contributed by atoms with Crippen LogP contribution in [0, 0.1) is 0 Å². The number of methoxy groups -OCH3 is 3. The highest BCUT2D eigenvalue weighted by atomic mass is 79.9. The quantitative estimate of drug-likeness (QED) is 0.888. The standard InChI is InChI=1S/C13H14BrNO4S/c1-17-8-5-4-7(11(18-2)12(8)19-3)10(16)13-15-9(14)6-20-13/h4-6,10,16H,1-3H3. The van der Waals surface area contributed by atoms with Gasteiger partial charge in [-0.2, -0.15) is 0 Å². The van der Waals surface area contributed by atoms with E-state index in [4.69, 9.17) is 14.2 Å². The van der Waals surface area contributed by atoms with E-state index in [1.807, 2.05) is 5.38 Å². The number of benzene rings is 1. The molecule has 0 aliphatic rings. The summed E-state index contributed by atoms with van der Waals surface area (Å²) in [7, 11) is 4.59. The number of hydrogen-bond acceptors (Lipinski definition) is 6. The van der Waals surface area contributed by atoms with Gasteiger partial charge in [0.05, 0.1) is 21.3 Å². The van der Waals surface area contributed by atoms with Crippen LogP contribution in [0.15, 0.2) is 22.1 Å². The van der Waals surface area contributed by atoms with Crippen molar-refractivity contribution in [3.05, 3.63) is 32.7 Å². The van der Waals surface area contributed by atoms with Crippen molar-refractivity contribution in [3.8, 4) is 17.2 Å². The van der Waals surface area contributed by atoms with E-state index in [1.165, 1.54) is 25.6 Å². The Morgan fingerprint density at radius 1 is 1.15 bits per heavy atom. The second-order valence-electron chi connectivity index (χ2n) is 3.83. The maximum Gasteiger partial charge on any atom is 0.203 e. The van der Waals surface area contributed by atoms with E-state index in [2.05, 4.69) is 20.9 Å². The normalized spacial score (nSPS) is 12.1. The third-order valence-electron chi connectivity index (χ3n) is 2.76. The zero-order valence-corrected chi connectivity index (χ0v) is 13.6. The van der Waals surface area contributed by atoms with Crippen LogP contribution in [-0.2, 0) is 0 Å². The minimum atomic E-state index is -0.888. The van der Waals surface area contributed by atoms with Gasteiger partial charge in [-0.3, -0.25) is 0 Å². The van der Waals surface area contributed by atoms with Crippen LogP contribution < -0.4 is 14.2 Å². The molecule has 20 heavy (non-hydrogen) atoms. The van der Waals surface area contributed by atoms with E-state index in [1.54, 1.807) is 19.2 Å². The number of aromatic nitrogens is 1. The monoisotopic (exact) mass is 359 g/mol. The van der Waals surface area contributed by atoms with Crippen molar-refractivity contribution in [2.75, 3.05) is 21.3 Å². The molecule has 1 atom stereocenters. The maximum absolute atomic E-state index is 10.5. The lowest BCUT2D eigenvalue weighted by Crippen LogP contribution is -2.04. The second-order valence-corrected chi connectivity index (χ2v) is 5.54. The molecule has 0 aliphatic heterocycles. The van der Waals surface area contributed by atoms with Crippen LogP contribution in [0.3, 0.4) is 0 Å². The molecule has 5 nitrogen and oxygen atoms in total. The van der Waals surface area contributed by atoms with Gasteiger partial charge in [0.15, 0.2) is 11.5 Å². The first-order chi connectivity index (χ1) is 9.62. The Hall–Kier alpha value is -1.31. The highest BCUT2D eigenvalue weighted by Crippen LogP contribution is 2.43. The van der Waals surface area contributed by atoms with Gasteiger partial charge in [0, 0.05) is 10.9 Å². The Balaban J connectivity index is 2.51. The number of hydrogen-bond donors (Lipinski definition) is 1. The van der Waals surface area contributed by atoms with E-state index >= 15 is 0 Å². The Labute approximate surface area is 129 Å². The molecule has 7 heteroatoms. The summed E-state index contributed by atoms with van der Waals surface area (Å²) in [5, 5.41) is 12.8. The highest BCUT2D eigenvalue weighted by Gasteiger charge is 2.23. The van der Waals surface area contributed by atoms with E-state index in [9.17, 15) is 5.11 Å². The van der Waals surface area contributed by atoms with Crippen LogP contribution in [0.4, 0.5) is 0 Å². The third-order valence-corrected chi connectivity index (χ3v) is 4.36. The molecule has 0 radical (unpaired) electrons. The maximum atomic E-state index is 10.5. The molecule has 1 unspecified atom stereocenters. The summed E-state index contributed by atoms with van der Waals surface area (Å²) in [6, 6.07) is 3.46. The molecular formula is C13H14BrNO4S. The molecule has 1 aromatic heterocycles. The van der Waals surface area contributed by atoms with Crippen LogP contribution in [0.5, 0.6) is 17.2 Å². The topological polar surface area (TPSA) is 60.8 Å². The minimum absolute atomic E-state index is 0.436. The number of aliphatic hydroxyl groups excluding tert-OH is 1. The lowest BCUT2D eigenvalue weighted by atomic mass is 10.1. The molecule has 108 valence electrons. The van der Waals surface area contributed by atoms with Gasteiger partial charge >= 0.3 is 0 Å². The Bertz CT molecular complexity index is 602. The molecule has 2 rings (SSSR count). The largest absolute Gasteiger partial charge is 0.493 e. The summed E-state index contributed by atoms with van der Waals surface area (Å²) in [5.41, 5.74) is 0.576. The molecular weight excluding hydrogens is 346 g/mol. The molecule has 1 N–H and O–H groups in total. The zero-order chi connectivity index (χ0) is 14.7. The Morgan fingerprint density at radius 2 is 1.85 bits per heavy atom. The predicted molar refractivity (Wildman–Crippen MR) is 80.0 cm³/mol. The number of rotatable bonds is 5. The molecule has 0 aliphatic carbocycles. The highest BCUT2D eigenvalue weighted by molar-refractivity contribution is 9.10. The SMILES string of the molecule is COc1ccc(C(O)c2nc(Br)cs2)c(OC)c1OC. The third kappa shape index (κ3) is 2.74. The fraction of sp³-hybridized carbons (Fsp3) is 0.308. The van der Waals surface area contributed by atoms with Crippen molar-refractivity contribution in [1.29, 1.82) is 0 Å². The molecule has 2 aromatic rings. The fourth-order valence-corrected chi connectivity index (χ4v) is 3.13. The second kappa shape index (κ2) is 6.43. The van der Waals surface area contributed by atoms with Gasteiger partial charge < -0.3 is 19.3 Å². The summed E-state index contributed by atoms with van der Waals surface area (Å²) < 4.78 is 16.6. The number of nitrogens with zero attached hydrogens (tertiary/aromatic N) is 1. The molecule has 0 saturated heterocycles.